The van der Waals surface area contributed by atoms with Crippen molar-refractivity contribution >= 4 is 35.0 Å². The van der Waals surface area contributed by atoms with Crippen molar-refractivity contribution in [3.63, 3.8) is 0 Å². The lowest BCUT2D eigenvalue weighted by Crippen LogP contribution is -2.52. The Kier molecular flexibility index (Phi) is 10.4. The first kappa shape index (κ1) is 28.5. The highest BCUT2D eigenvalue weighted by Crippen LogP contribution is 2.25. The van der Waals surface area contributed by atoms with Crippen LogP contribution in [0.1, 0.15) is 36.1 Å². The molecule has 0 saturated carbocycles. The molecule has 0 heterocycles. The molecule has 7 heteroatoms. The van der Waals surface area contributed by atoms with Gasteiger partial charge >= 0.3 is 0 Å². The molecular weight excluding hydrogens is 507 g/mol. The number of ether oxygens (including phenoxy) is 1. The molecule has 37 heavy (non-hydrogen) atoms. The minimum Gasteiger partial charge on any atom is -0.483 e. The van der Waals surface area contributed by atoms with Gasteiger partial charge in [-0.2, -0.15) is 0 Å². The van der Waals surface area contributed by atoms with Gasteiger partial charge in [-0.1, -0.05) is 91.1 Å². The number of nitrogens with one attached hydrogen (secondary N) is 1. The number of aryl methyl sites for hydroxylation is 2. The summed E-state index contributed by atoms with van der Waals surface area (Å²) >= 11 is 12.6. The summed E-state index contributed by atoms with van der Waals surface area (Å²) in [6.45, 7) is 8.43. The van der Waals surface area contributed by atoms with Crippen LogP contribution in [0.2, 0.25) is 10.0 Å². The molecule has 0 aliphatic heterocycles. The number of amides is 2. The Labute approximate surface area is 229 Å². The Hall–Kier alpha value is -3.02. The molecule has 0 saturated heterocycles. The molecule has 3 aromatic carbocycles. The zero-order chi connectivity index (χ0) is 26.9. The smallest absolute Gasteiger partial charge is 0.261 e. The summed E-state index contributed by atoms with van der Waals surface area (Å²) in [4.78, 5) is 28.8. The number of halogens is 2. The maximum absolute atomic E-state index is 13.7. The van der Waals surface area contributed by atoms with Gasteiger partial charge in [-0.25, -0.2) is 0 Å². The molecule has 0 spiro atoms. The van der Waals surface area contributed by atoms with Crippen LogP contribution in [0.4, 0.5) is 0 Å². The van der Waals surface area contributed by atoms with E-state index in [1.165, 1.54) is 0 Å². The molecule has 0 bridgehead atoms. The Morgan fingerprint density at radius 1 is 0.973 bits per heavy atom. The Bertz CT molecular complexity index is 1210. The van der Waals surface area contributed by atoms with Crippen molar-refractivity contribution < 1.29 is 14.3 Å². The number of carbonyl (C=O) groups excluding carboxylic acids is 2. The summed E-state index contributed by atoms with van der Waals surface area (Å²) in [5.41, 5.74) is 3.69. The number of nitrogens with zero attached hydrogens (tertiary/aromatic N) is 1. The SMILES string of the molecule is Cc1ccc(OCC(=O)N(Cc2ccc(Cl)cc2Cl)[C@@H](Cc2ccccc2)C(=O)NCC(C)C)c(C)c1. The van der Waals surface area contributed by atoms with E-state index in [0.717, 1.165) is 16.7 Å². The van der Waals surface area contributed by atoms with Crippen molar-refractivity contribution in [2.24, 2.45) is 5.92 Å². The Balaban J connectivity index is 1.94. The highest BCUT2D eigenvalue weighted by atomic mass is 35.5. The standard InChI is InChI=1S/C30H34Cl2N2O3/c1-20(2)17-33-30(36)27(15-23-8-6-5-7-9-23)34(18-24-11-12-25(31)16-26(24)32)29(35)19-37-28-13-10-21(3)14-22(28)4/h5-14,16,20,27H,15,17-19H2,1-4H3,(H,33,36)/t27-/m0/s1. The summed E-state index contributed by atoms with van der Waals surface area (Å²) in [5, 5.41) is 3.94. The van der Waals surface area contributed by atoms with Gasteiger partial charge in [0.2, 0.25) is 5.91 Å². The molecular formula is C30H34Cl2N2O3. The lowest BCUT2D eigenvalue weighted by atomic mass is 10.0. The van der Waals surface area contributed by atoms with Crippen LogP contribution >= 0.6 is 23.2 Å². The predicted molar refractivity (Wildman–Crippen MR) is 150 cm³/mol. The second-order valence-electron chi connectivity index (χ2n) is 9.66. The maximum Gasteiger partial charge on any atom is 0.261 e. The van der Waals surface area contributed by atoms with Crippen LogP contribution in [0.15, 0.2) is 66.7 Å². The summed E-state index contributed by atoms with van der Waals surface area (Å²) in [6.07, 6.45) is 0.352. The highest BCUT2D eigenvalue weighted by molar-refractivity contribution is 6.35. The van der Waals surface area contributed by atoms with Crippen LogP contribution in [0.5, 0.6) is 5.75 Å². The van der Waals surface area contributed by atoms with Gasteiger partial charge in [0.1, 0.15) is 11.8 Å². The fraction of sp³-hybridized carbons (Fsp3) is 0.333. The van der Waals surface area contributed by atoms with E-state index in [2.05, 4.69) is 5.32 Å². The monoisotopic (exact) mass is 540 g/mol. The molecule has 0 aliphatic carbocycles. The molecule has 0 unspecified atom stereocenters. The van der Waals surface area contributed by atoms with Crippen LogP contribution in [-0.4, -0.2) is 35.9 Å². The van der Waals surface area contributed by atoms with E-state index in [4.69, 9.17) is 27.9 Å². The van der Waals surface area contributed by atoms with E-state index in [0.29, 0.717) is 34.3 Å². The molecule has 5 nitrogen and oxygen atoms in total. The fourth-order valence-electron chi connectivity index (χ4n) is 3.99. The van der Waals surface area contributed by atoms with Gasteiger partial charge in [-0.15, -0.1) is 0 Å². The first-order valence-electron chi connectivity index (χ1n) is 12.4. The lowest BCUT2D eigenvalue weighted by molar-refractivity contribution is -0.142. The summed E-state index contributed by atoms with van der Waals surface area (Å²) in [7, 11) is 0. The molecule has 0 fully saturated rings. The second kappa shape index (κ2) is 13.5. The third-order valence-corrected chi connectivity index (χ3v) is 6.58. The largest absolute Gasteiger partial charge is 0.483 e. The van der Waals surface area contributed by atoms with Crippen molar-refractivity contribution in [3.05, 3.63) is 99.0 Å². The van der Waals surface area contributed by atoms with Gasteiger partial charge < -0.3 is 15.0 Å². The summed E-state index contributed by atoms with van der Waals surface area (Å²) in [5.74, 6) is 0.366. The zero-order valence-electron chi connectivity index (χ0n) is 21.8. The lowest BCUT2D eigenvalue weighted by Gasteiger charge is -2.32. The number of carbonyl (C=O) groups is 2. The maximum atomic E-state index is 13.7. The normalized spacial score (nSPS) is 11.8. The topological polar surface area (TPSA) is 58.6 Å². The Morgan fingerprint density at radius 2 is 1.70 bits per heavy atom. The predicted octanol–water partition coefficient (Wildman–Crippen LogP) is 6.40. The molecule has 3 rings (SSSR count). The van der Waals surface area contributed by atoms with E-state index in [-0.39, 0.29) is 30.9 Å². The zero-order valence-corrected chi connectivity index (χ0v) is 23.3. The minimum atomic E-state index is -0.761. The van der Waals surface area contributed by atoms with Gasteiger partial charge in [0.05, 0.1) is 0 Å². The van der Waals surface area contributed by atoms with E-state index in [9.17, 15) is 9.59 Å². The first-order chi connectivity index (χ1) is 17.6. The quantitative estimate of drug-likeness (QED) is 0.306. The number of hydrogen-bond acceptors (Lipinski definition) is 3. The van der Waals surface area contributed by atoms with Gasteiger partial charge in [-0.3, -0.25) is 9.59 Å². The van der Waals surface area contributed by atoms with Crippen molar-refractivity contribution in [2.75, 3.05) is 13.2 Å². The van der Waals surface area contributed by atoms with Gasteiger partial charge in [0.15, 0.2) is 6.61 Å². The average molecular weight is 542 g/mol. The van der Waals surface area contributed by atoms with Crippen LogP contribution in [0.3, 0.4) is 0 Å². The number of rotatable bonds is 11. The molecule has 2 amide bonds. The van der Waals surface area contributed by atoms with E-state index in [1.54, 1.807) is 23.1 Å². The fourth-order valence-corrected chi connectivity index (χ4v) is 4.46. The molecule has 196 valence electrons. The number of benzene rings is 3. The molecule has 0 aromatic heterocycles. The van der Waals surface area contributed by atoms with Crippen LogP contribution in [-0.2, 0) is 22.6 Å². The molecule has 0 aliphatic rings. The van der Waals surface area contributed by atoms with E-state index in [1.807, 2.05) is 76.2 Å². The van der Waals surface area contributed by atoms with Crippen molar-refractivity contribution in [3.8, 4) is 5.75 Å². The van der Waals surface area contributed by atoms with E-state index < -0.39 is 6.04 Å². The minimum absolute atomic E-state index is 0.137. The molecule has 0 radical (unpaired) electrons. The van der Waals surface area contributed by atoms with Crippen molar-refractivity contribution in [1.29, 1.82) is 0 Å². The van der Waals surface area contributed by atoms with Crippen LogP contribution in [0.25, 0.3) is 0 Å². The van der Waals surface area contributed by atoms with Crippen LogP contribution in [0, 0.1) is 19.8 Å². The van der Waals surface area contributed by atoms with Gasteiger partial charge in [0, 0.05) is 29.6 Å². The van der Waals surface area contributed by atoms with Crippen LogP contribution < -0.4 is 10.1 Å². The van der Waals surface area contributed by atoms with E-state index >= 15 is 0 Å². The third kappa shape index (κ3) is 8.51. The average Bonchev–Trinajstić information content (AvgIpc) is 2.85. The first-order valence-corrected chi connectivity index (χ1v) is 13.1. The van der Waals surface area contributed by atoms with Gasteiger partial charge in [-0.05, 0) is 54.7 Å². The highest BCUT2D eigenvalue weighted by Gasteiger charge is 2.31. The molecule has 1 N–H and O–H groups in total. The van der Waals surface area contributed by atoms with Crippen molar-refractivity contribution in [1.82, 2.24) is 10.2 Å². The molecule has 3 aromatic rings. The third-order valence-electron chi connectivity index (χ3n) is 5.99. The summed E-state index contributed by atoms with van der Waals surface area (Å²) < 4.78 is 5.92. The Morgan fingerprint density at radius 3 is 2.35 bits per heavy atom. The summed E-state index contributed by atoms with van der Waals surface area (Å²) in [6, 6.07) is 19.8. The molecule has 1 atom stereocenters. The second-order valence-corrected chi connectivity index (χ2v) is 10.5. The van der Waals surface area contributed by atoms with Crippen molar-refractivity contribution in [2.45, 2.75) is 46.7 Å². The number of hydrogen-bond donors (Lipinski definition) is 1. The van der Waals surface area contributed by atoms with Gasteiger partial charge in [0.25, 0.3) is 5.91 Å².